The number of halogens is 1. The van der Waals surface area contributed by atoms with Crippen molar-refractivity contribution in [3.8, 4) is 0 Å². The number of rotatable bonds is 3. The van der Waals surface area contributed by atoms with Crippen LogP contribution in [0.2, 0.25) is 0 Å². The summed E-state index contributed by atoms with van der Waals surface area (Å²) < 4.78 is 0. The predicted octanol–water partition coefficient (Wildman–Crippen LogP) is 0.853. The Morgan fingerprint density at radius 1 is 1.75 bits per heavy atom. The third-order valence-corrected chi connectivity index (χ3v) is 0.840. The van der Waals surface area contributed by atoms with Gasteiger partial charge in [0.25, 0.3) is 0 Å². The summed E-state index contributed by atoms with van der Waals surface area (Å²) in [6.45, 7) is 1.94. The van der Waals surface area contributed by atoms with Crippen LogP contribution in [0.3, 0.4) is 0 Å². The molecule has 0 aliphatic carbocycles. The topological polar surface area (TPSA) is 24.1 Å². The Hall–Kier alpha value is -0.370. The molecule has 0 saturated heterocycles. The third-order valence-electron chi connectivity index (χ3n) is 0.706. The standard InChI is InChI=1S/C5H11ClN2/c1-5(3-7-2)8-4-6/h3,7-8H,4H2,1-2H3/b5-3+. The molecule has 0 rings (SSSR count). The molecule has 0 aliphatic heterocycles. The summed E-state index contributed by atoms with van der Waals surface area (Å²) in [6.07, 6.45) is 1.85. The van der Waals surface area contributed by atoms with Crippen LogP contribution in [0.5, 0.6) is 0 Å². The fraction of sp³-hybridized carbons (Fsp3) is 0.600. The first-order valence-corrected chi connectivity index (χ1v) is 2.98. The van der Waals surface area contributed by atoms with Crippen LogP contribution in [0, 0.1) is 0 Å². The van der Waals surface area contributed by atoms with E-state index in [4.69, 9.17) is 11.6 Å². The fourth-order valence-corrected chi connectivity index (χ4v) is 0.584. The van der Waals surface area contributed by atoms with E-state index in [2.05, 4.69) is 10.6 Å². The average molecular weight is 135 g/mol. The van der Waals surface area contributed by atoms with Gasteiger partial charge in [-0.2, -0.15) is 0 Å². The van der Waals surface area contributed by atoms with E-state index < -0.39 is 0 Å². The Labute approximate surface area is 54.9 Å². The average Bonchev–Trinajstić information content (AvgIpc) is 1.68. The van der Waals surface area contributed by atoms with Crippen LogP contribution < -0.4 is 10.6 Å². The van der Waals surface area contributed by atoms with Crippen LogP contribution in [-0.2, 0) is 0 Å². The lowest BCUT2D eigenvalue weighted by Crippen LogP contribution is -2.10. The molecule has 0 aliphatic rings. The van der Waals surface area contributed by atoms with Crippen LogP contribution >= 0.6 is 11.6 Å². The molecule has 0 atom stereocenters. The predicted molar refractivity (Wildman–Crippen MR) is 36.7 cm³/mol. The quantitative estimate of drug-likeness (QED) is 0.442. The summed E-state index contributed by atoms with van der Waals surface area (Å²) in [5.41, 5.74) is 1.04. The fourth-order valence-electron chi connectivity index (χ4n) is 0.373. The highest BCUT2D eigenvalue weighted by Crippen LogP contribution is 1.81. The van der Waals surface area contributed by atoms with Crippen molar-refractivity contribution in [2.75, 3.05) is 13.1 Å². The lowest BCUT2D eigenvalue weighted by Gasteiger charge is -1.98. The minimum absolute atomic E-state index is 0.462. The minimum atomic E-state index is 0.462. The maximum Gasteiger partial charge on any atom is 0.0899 e. The second-order valence-electron chi connectivity index (χ2n) is 1.43. The molecule has 48 valence electrons. The molecule has 0 saturated carbocycles. The van der Waals surface area contributed by atoms with Gasteiger partial charge in [-0.3, -0.25) is 0 Å². The van der Waals surface area contributed by atoms with Gasteiger partial charge in [0.1, 0.15) is 0 Å². The van der Waals surface area contributed by atoms with Gasteiger partial charge in [0.2, 0.25) is 0 Å². The van der Waals surface area contributed by atoms with Gasteiger partial charge in [-0.25, -0.2) is 0 Å². The Kier molecular flexibility index (Phi) is 4.56. The number of nitrogens with one attached hydrogen (secondary N) is 2. The van der Waals surface area contributed by atoms with Crippen molar-refractivity contribution in [2.24, 2.45) is 0 Å². The van der Waals surface area contributed by atoms with Gasteiger partial charge < -0.3 is 10.6 Å². The Bertz CT molecular complexity index is 80.5. The van der Waals surface area contributed by atoms with E-state index in [1.807, 2.05) is 20.2 Å². The van der Waals surface area contributed by atoms with Crippen LogP contribution in [0.1, 0.15) is 6.92 Å². The van der Waals surface area contributed by atoms with Crippen molar-refractivity contribution in [1.29, 1.82) is 0 Å². The molecule has 0 amide bonds. The highest BCUT2D eigenvalue weighted by molar-refractivity contribution is 6.17. The van der Waals surface area contributed by atoms with Crippen LogP contribution in [0.15, 0.2) is 11.9 Å². The zero-order chi connectivity index (χ0) is 6.41. The van der Waals surface area contributed by atoms with Crippen LogP contribution in [-0.4, -0.2) is 13.1 Å². The highest BCUT2D eigenvalue weighted by atomic mass is 35.5. The molecule has 0 aromatic rings. The maximum atomic E-state index is 5.35. The minimum Gasteiger partial charge on any atom is -0.393 e. The molecule has 0 radical (unpaired) electrons. The van der Waals surface area contributed by atoms with Crippen molar-refractivity contribution in [1.82, 2.24) is 10.6 Å². The van der Waals surface area contributed by atoms with E-state index in [0.717, 1.165) is 5.70 Å². The molecule has 0 aromatic heterocycles. The van der Waals surface area contributed by atoms with Gasteiger partial charge in [-0.1, -0.05) is 0 Å². The molecule has 0 fully saturated rings. The first-order chi connectivity index (χ1) is 3.81. The molecular formula is C5H11ClN2. The maximum absolute atomic E-state index is 5.35. The van der Waals surface area contributed by atoms with E-state index in [1.54, 1.807) is 0 Å². The van der Waals surface area contributed by atoms with Crippen molar-refractivity contribution < 1.29 is 0 Å². The lowest BCUT2D eigenvalue weighted by atomic mass is 10.5. The van der Waals surface area contributed by atoms with Crippen molar-refractivity contribution in [2.45, 2.75) is 6.92 Å². The van der Waals surface area contributed by atoms with Gasteiger partial charge in [0.15, 0.2) is 0 Å². The van der Waals surface area contributed by atoms with Crippen molar-refractivity contribution in [3.05, 3.63) is 11.9 Å². The summed E-state index contributed by atoms with van der Waals surface area (Å²) >= 11 is 5.35. The normalized spacial score (nSPS) is 11.1. The largest absolute Gasteiger partial charge is 0.393 e. The number of alkyl halides is 1. The number of hydrogen-bond donors (Lipinski definition) is 2. The lowest BCUT2D eigenvalue weighted by molar-refractivity contribution is 0.917. The monoisotopic (exact) mass is 134 g/mol. The van der Waals surface area contributed by atoms with Crippen LogP contribution in [0.25, 0.3) is 0 Å². The number of allylic oxidation sites excluding steroid dienone is 1. The zero-order valence-corrected chi connectivity index (χ0v) is 5.92. The Morgan fingerprint density at radius 2 is 2.38 bits per heavy atom. The van der Waals surface area contributed by atoms with Gasteiger partial charge in [0.05, 0.1) is 6.00 Å². The van der Waals surface area contributed by atoms with Crippen molar-refractivity contribution >= 4 is 11.6 Å². The SMILES string of the molecule is CN/C=C(\C)NCCl. The second-order valence-corrected chi connectivity index (χ2v) is 1.69. The number of hydrogen-bond acceptors (Lipinski definition) is 2. The molecule has 0 aromatic carbocycles. The summed E-state index contributed by atoms with van der Waals surface area (Å²) in [7, 11) is 1.85. The van der Waals surface area contributed by atoms with Crippen LogP contribution in [0.4, 0.5) is 0 Å². The van der Waals surface area contributed by atoms with Crippen molar-refractivity contribution in [3.63, 3.8) is 0 Å². The van der Waals surface area contributed by atoms with E-state index in [0.29, 0.717) is 6.00 Å². The Balaban J connectivity index is 3.29. The van der Waals surface area contributed by atoms with E-state index >= 15 is 0 Å². The Morgan fingerprint density at radius 3 is 2.75 bits per heavy atom. The molecular weight excluding hydrogens is 124 g/mol. The smallest absolute Gasteiger partial charge is 0.0899 e. The first kappa shape index (κ1) is 7.63. The second kappa shape index (κ2) is 4.78. The molecule has 0 spiro atoms. The van der Waals surface area contributed by atoms with Gasteiger partial charge in [-0.15, -0.1) is 11.6 Å². The molecule has 0 bridgehead atoms. The van der Waals surface area contributed by atoms with Gasteiger partial charge >= 0.3 is 0 Å². The molecule has 0 unspecified atom stereocenters. The van der Waals surface area contributed by atoms with E-state index in [-0.39, 0.29) is 0 Å². The van der Waals surface area contributed by atoms with Gasteiger partial charge in [0, 0.05) is 18.9 Å². The summed E-state index contributed by atoms with van der Waals surface area (Å²) in [4.78, 5) is 0. The summed E-state index contributed by atoms with van der Waals surface area (Å²) in [6, 6.07) is 0.462. The summed E-state index contributed by atoms with van der Waals surface area (Å²) in [5, 5.41) is 5.78. The highest BCUT2D eigenvalue weighted by Gasteiger charge is 1.79. The molecule has 2 N–H and O–H groups in total. The first-order valence-electron chi connectivity index (χ1n) is 2.45. The summed E-state index contributed by atoms with van der Waals surface area (Å²) in [5.74, 6) is 0. The zero-order valence-electron chi connectivity index (χ0n) is 5.16. The molecule has 0 heterocycles. The van der Waals surface area contributed by atoms with E-state index in [1.165, 1.54) is 0 Å². The third kappa shape index (κ3) is 3.81. The molecule has 2 nitrogen and oxygen atoms in total. The van der Waals surface area contributed by atoms with Gasteiger partial charge in [-0.05, 0) is 6.92 Å². The van der Waals surface area contributed by atoms with E-state index in [9.17, 15) is 0 Å². The molecule has 8 heavy (non-hydrogen) atoms. The molecule has 3 heteroatoms.